The summed E-state index contributed by atoms with van der Waals surface area (Å²) in [6, 6.07) is 9.22. The van der Waals surface area contributed by atoms with E-state index in [2.05, 4.69) is 14.8 Å². The Balaban J connectivity index is 1.99. The largest absolute Gasteiger partial charge is 0.539 e. The first kappa shape index (κ1) is 18.9. The van der Waals surface area contributed by atoms with Gasteiger partial charge in [-0.25, -0.2) is 4.98 Å². The molecule has 0 aliphatic carbocycles. The zero-order chi connectivity index (χ0) is 20.9. The molecule has 0 amide bonds. The van der Waals surface area contributed by atoms with Gasteiger partial charge in [0.1, 0.15) is 9.71 Å². The summed E-state index contributed by atoms with van der Waals surface area (Å²) in [4.78, 5) is 16.7. The highest BCUT2D eigenvalue weighted by atomic mass is 32.1. The molecule has 0 aliphatic heterocycles. The summed E-state index contributed by atoms with van der Waals surface area (Å²) in [5.41, 5.74) is 4.64. The topological polar surface area (TPSA) is 109 Å². The highest BCUT2D eigenvalue weighted by Crippen LogP contribution is 2.44. The van der Waals surface area contributed by atoms with Gasteiger partial charge < -0.3 is 15.4 Å². The van der Waals surface area contributed by atoms with E-state index in [9.17, 15) is 23.1 Å². The molecule has 1 aromatic carbocycles. The zero-order valence-corrected chi connectivity index (χ0v) is 15.5. The average molecular weight is 420 g/mol. The van der Waals surface area contributed by atoms with E-state index in [-0.39, 0.29) is 20.8 Å². The summed E-state index contributed by atoms with van der Waals surface area (Å²) in [6.45, 7) is 0. The predicted octanol–water partition coefficient (Wildman–Crippen LogP) is 2.68. The Kier molecular flexibility index (Phi) is 4.26. The number of nitrogen functional groups attached to an aromatic ring is 1. The Morgan fingerprint density at radius 1 is 1.28 bits per heavy atom. The SMILES string of the molecule is C[n+]1noc([O-])c1C(=O)c1sc2nc(-c3ccccc3)cc(C(F)(F)F)c2c1N. The van der Waals surface area contributed by atoms with Crippen molar-refractivity contribution >= 4 is 33.0 Å². The second-order valence-corrected chi connectivity index (χ2v) is 7.10. The quantitative estimate of drug-likeness (QED) is 0.403. The molecule has 0 fully saturated rings. The number of thiophene rings is 1. The molecule has 3 aromatic heterocycles. The molecule has 11 heteroatoms. The molecule has 4 aromatic rings. The molecular formula is C18H11F3N4O3S. The number of carbonyl (C=O) groups is 1. The number of aromatic nitrogens is 3. The molecule has 0 atom stereocenters. The fourth-order valence-corrected chi connectivity index (χ4v) is 3.99. The number of fused-ring (bicyclic) bond motifs is 1. The van der Waals surface area contributed by atoms with Crippen LogP contribution in [0, 0.1) is 0 Å². The van der Waals surface area contributed by atoms with Crippen molar-refractivity contribution in [3.63, 3.8) is 0 Å². The summed E-state index contributed by atoms with van der Waals surface area (Å²) >= 11 is 0.679. The molecule has 0 radical (unpaired) electrons. The minimum Gasteiger partial charge on any atom is -0.539 e. The van der Waals surface area contributed by atoms with Crippen molar-refractivity contribution in [1.82, 2.24) is 10.3 Å². The highest BCUT2D eigenvalue weighted by Gasteiger charge is 2.37. The summed E-state index contributed by atoms with van der Waals surface area (Å²) < 4.78 is 46.6. The van der Waals surface area contributed by atoms with Crippen LogP contribution < -0.4 is 15.5 Å². The van der Waals surface area contributed by atoms with Gasteiger partial charge in [-0.3, -0.25) is 4.79 Å². The molecular weight excluding hydrogens is 409 g/mol. The number of benzene rings is 1. The Morgan fingerprint density at radius 2 is 1.97 bits per heavy atom. The fraction of sp³-hybridized carbons (Fsp3) is 0.111. The van der Waals surface area contributed by atoms with Crippen molar-refractivity contribution in [3.8, 4) is 17.2 Å². The molecule has 0 bridgehead atoms. The van der Waals surface area contributed by atoms with Crippen molar-refractivity contribution in [2.75, 3.05) is 5.73 Å². The molecule has 3 heterocycles. The van der Waals surface area contributed by atoms with Crippen molar-refractivity contribution in [1.29, 1.82) is 0 Å². The summed E-state index contributed by atoms with van der Waals surface area (Å²) in [5.74, 6) is -1.89. The van der Waals surface area contributed by atoms with E-state index in [1.807, 2.05) is 0 Å². The first-order valence-corrected chi connectivity index (χ1v) is 8.93. The lowest BCUT2D eigenvalue weighted by Crippen LogP contribution is -2.37. The molecule has 4 rings (SSSR count). The number of carbonyl (C=O) groups excluding carboxylic acids is 1. The lowest BCUT2D eigenvalue weighted by molar-refractivity contribution is -0.741. The molecule has 0 aliphatic rings. The van der Waals surface area contributed by atoms with Crippen LogP contribution in [0.3, 0.4) is 0 Å². The van der Waals surface area contributed by atoms with E-state index < -0.39 is 34.9 Å². The second kappa shape index (κ2) is 6.55. The number of hydrogen-bond acceptors (Lipinski definition) is 7. The number of alkyl halides is 3. The molecule has 0 spiro atoms. The number of nitrogens with zero attached hydrogens (tertiary/aromatic N) is 3. The van der Waals surface area contributed by atoms with E-state index in [0.29, 0.717) is 16.9 Å². The summed E-state index contributed by atoms with van der Waals surface area (Å²) in [5, 5.41) is 14.7. The van der Waals surface area contributed by atoms with E-state index in [0.717, 1.165) is 10.7 Å². The number of rotatable bonds is 3. The maximum Gasteiger partial charge on any atom is 0.417 e. The molecule has 0 saturated heterocycles. The lowest BCUT2D eigenvalue weighted by atomic mass is 10.0. The van der Waals surface area contributed by atoms with Gasteiger partial charge in [-0.2, -0.15) is 13.2 Å². The van der Waals surface area contributed by atoms with Crippen LogP contribution in [0.1, 0.15) is 20.9 Å². The first-order chi connectivity index (χ1) is 13.7. The number of anilines is 1. The maximum atomic E-state index is 13.8. The maximum absolute atomic E-state index is 13.8. The number of aryl methyl sites for hydroxylation is 1. The van der Waals surface area contributed by atoms with Crippen LogP contribution >= 0.6 is 11.3 Å². The highest BCUT2D eigenvalue weighted by molar-refractivity contribution is 7.21. The molecule has 148 valence electrons. The molecule has 0 unspecified atom stereocenters. The van der Waals surface area contributed by atoms with Crippen molar-refractivity contribution < 1.29 is 32.3 Å². The van der Waals surface area contributed by atoms with E-state index in [1.165, 1.54) is 7.05 Å². The van der Waals surface area contributed by atoms with Gasteiger partial charge in [0, 0.05) is 10.9 Å². The molecule has 7 nitrogen and oxygen atoms in total. The van der Waals surface area contributed by atoms with Gasteiger partial charge in [0.15, 0.2) is 13.0 Å². The minimum atomic E-state index is -4.73. The molecule has 0 saturated carbocycles. The standard InChI is InChI=1S/C18H11F3N4O3S/c1-25-13(17(27)28-24-25)14(26)15-12(22)11-9(18(19,20)21)7-10(23-16(11)29-15)8-5-3-2-4-6-8/h2-7H,1H3,(H2-,22,24,26,27). The van der Waals surface area contributed by atoms with Crippen molar-refractivity contribution in [2.45, 2.75) is 6.18 Å². The Bertz CT molecular complexity index is 1230. The smallest absolute Gasteiger partial charge is 0.417 e. The fourth-order valence-electron chi connectivity index (χ4n) is 2.93. The van der Waals surface area contributed by atoms with Gasteiger partial charge in [-0.15, -0.1) is 11.3 Å². The van der Waals surface area contributed by atoms with Gasteiger partial charge in [0.2, 0.25) is 0 Å². The Labute approximate surface area is 164 Å². The monoisotopic (exact) mass is 420 g/mol. The van der Waals surface area contributed by atoms with Crippen molar-refractivity contribution in [3.05, 3.63) is 52.5 Å². The predicted molar refractivity (Wildman–Crippen MR) is 95.0 cm³/mol. The lowest BCUT2D eigenvalue weighted by Gasteiger charge is -2.11. The van der Waals surface area contributed by atoms with Gasteiger partial charge in [-0.1, -0.05) is 35.0 Å². The second-order valence-electron chi connectivity index (χ2n) is 6.11. The number of hydrogen-bond donors (Lipinski definition) is 1. The van der Waals surface area contributed by atoms with Crippen LogP contribution in [0.5, 0.6) is 5.95 Å². The summed E-state index contributed by atoms with van der Waals surface area (Å²) in [6.07, 6.45) is -4.73. The molecule has 2 N–H and O–H groups in total. The van der Waals surface area contributed by atoms with Gasteiger partial charge in [0.25, 0.3) is 5.78 Å². The first-order valence-electron chi connectivity index (χ1n) is 8.11. The number of halogens is 3. The Morgan fingerprint density at radius 3 is 2.55 bits per heavy atom. The van der Waals surface area contributed by atoms with Gasteiger partial charge >= 0.3 is 11.9 Å². The normalized spacial score (nSPS) is 11.9. The van der Waals surface area contributed by atoms with Crippen LogP contribution in [0.15, 0.2) is 40.9 Å². The third kappa shape index (κ3) is 3.09. The third-order valence-electron chi connectivity index (χ3n) is 4.26. The van der Waals surface area contributed by atoms with Crippen LogP contribution in [0.25, 0.3) is 21.5 Å². The third-order valence-corrected chi connectivity index (χ3v) is 5.36. The van der Waals surface area contributed by atoms with Gasteiger partial charge in [-0.05, 0) is 6.07 Å². The minimum absolute atomic E-state index is 0.0638. The number of nitrogens with two attached hydrogens (primary N) is 1. The van der Waals surface area contributed by atoms with Crippen LogP contribution in [-0.4, -0.2) is 16.0 Å². The Hall–Kier alpha value is -3.47. The zero-order valence-electron chi connectivity index (χ0n) is 14.6. The van der Waals surface area contributed by atoms with E-state index >= 15 is 0 Å². The number of ketones is 1. The van der Waals surface area contributed by atoms with E-state index in [1.54, 1.807) is 30.3 Å². The van der Waals surface area contributed by atoms with Crippen LogP contribution in [-0.2, 0) is 13.2 Å². The average Bonchev–Trinajstić information content (AvgIpc) is 3.19. The number of pyridine rings is 1. The van der Waals surface area contributed by atoms with Crippen LogP contribution in [0.2, 0.25) is 0 Å². The molecule has 29 heavy (non-hydrogen) atoms. The van der Waals surface area contributed by atoms with Crippen LogP contribution in [0.4, 0.5) is 18.9 Å². The van der Waals surface area contributed by atoms with Crippen molar-refractivity contribution in [2.24, 2.45) is 7.05 Å². The summed E-state index contributed by atoms with van der Waals surface area (Å²) in [7, 11) is 1.30. The van der Waals surface area contributed by atoms with Gasteiger partial charge in [0.05, 0.1) is 22.2 Å². The van der Waals surface area contributed by atoms with E-state index in [4.69, 9.17) is 5.73 Å².